The second kappa shape index (κ2) is 5.62. The molecule has 1 spiro atoms. The Kier molecular flexibility index (Phi) is 3.79. The van der Waals surface area contributed by atoms with Crippen LogP contribution in [-0.2, 0) is 0 Å². The fraction of sp³-hybridized carbons (Fsp3) is 0.550. The molecule has 0 bridgehead atoms. The highest BCUT2D eigenvalue weighted by molar-refractivity contribution is 9.09. The minimum atomic E-state index is 0.107. The van der Waals surface area contributed by atoms with Gasteiger partial charge < -0.3 is 9.32 Å². The standard InChI is InChI=1S/C20H24BrNO2/c1-12-10-15(14(3)21)18-16(11-12)17(23)13(2)19(24-18)22-8-6-20(4-5-20)7-9-22/h10-11,14H,4-9H2,1-3H3. The van der Waals surface area contributed by atoms with Crippen molar-refractivity contribution in [1.29, 1.82) is 0 Å². The number of anilines is 1. The highest BCUT2D eigenvalue weighted by Crippen LogP contribution is 2.54. The molecule has 4 rings (SSSR count). The maximum Gasteiger partial charge on any atom is 0.202 e. The van der Waals surface area contributed by atoms with Crippen molar-refractivity contribution in [3.05, 3.63) is 39.0 Å². The number of alkyl halides is 1. The smallest absolute Gasteiger partial charge is 0.202 e. The Bertz CT molecular complexity index is 854. The molecule has 1 atom stereocenters. The summed E-state index contributed by atoms with van der Waals surface area (Å²) < 4.78 is 6.34. The van der Waals surface area contributed by atoms with Crippen LogP contribution < -0.4 is 10.3 Å². The van der Waals surface area contributed by atoms with Gasteiger partial charge >= 0.3 is 0 Å². The van der Waals surface area contributed by atoms with E-state index in [4.69, 9.17) is 4.42 Å². The molecule has 24 heavy (non-hydrogen) atoms. The van der Waals surface area contributed by atoms with Crippen LogP contribution in [0.3, 0.4) is 0 Å². The number of fused-ring (bicyclic) bond motifs is 1. The van der Waals surface area contributed by atoms with Gasteiger partial charge in [-0.05, 0) is 63.5 Å². The van der Waals surface area contributed by atoms with E-state index >= 15 is 0 Å². The number of nitrogens with zero attached hydrogens (tertiary/aromatic N) is 1. The van der Waals surface area contributed by atoms with Gasteiger partial charge in [0.2, 0.25) is 5.88 Å². The summed E-state index contributed by atoms with van der Waals surface area (Å²) in [6.07, 6.45) is 5.21. The molecule has 128 valence electrons. The molecule has 1 aromatic heterocycles. The third kappa shape index (κ3) is 2.59. The molecule has 4 heteroatoms. The first kappa shape index (κ1) is 16.2. The quantitative estimate of drug-likeness (QED) is 0.657. The lowest BCUT2D eigenvalue weighted by atomic mass is 9.93. The highest BCUT2D eigenvalue weighted by atomic mass is 79.9. The van der Waals surface area contributed by atoms with Gasteiger partial charge in [0.05, 0.1) is 10.9 Å². The molecule has 2 aliphatic rings. The van der Waals surface area contributed by atoms with Crippen LogP contribution in [0.5, 0.6) is 0 Å². The Morgan fingerprint density at radius 1 is 1.17 bits per heavy atom. The Labute approximate surface area is 151 Å². The lowest BCUT2D eigenvalue weighted by Gasteiger charge is -2.33. The number of aryl methyl sites for hydroxylation is 1. The van der Waals surface area contributed by atoms with Crippen molar-refractivity contribution >= 4 is 32.8 Å². The maximum atomic E-state index is 13.0. The topological polar surface area (TPSA) is 33.5 Å². The molecular weight excluding hydrogens is 366 g/mol. The van der Waals surface area contributed by atoms with Gasteiger partial charge in [-0.1, -0.05) is 22.0 Å². The molecule has 2 aromatic rings. The van der Waals surface area contributed by atoms with E-state index in [1.165, 1.54) is 25.7 Å². The van der Waals surface area contributed by atoms with Gasteiger partial charge in [0.1, 0.15) is 5.58 Å². The fourth-order valence-electron chi connectivity index (χ4n) is 4.01. The zero-order valence-electron chi connectivity index (χ0n) is 14.6. The number of halogens is 1. The average molecular weight is 390 g/mol. The zero-order chi connectivity index (χ0) is 17.1. The van der Waals surface area contributed by atoms with Gasteiger partial charge in [-0.3, -0.25) is 4.79 Å². The van der Waals surface area contributed by atoms with Crippen molar-refractivity contribution < 1.29 is 4.42 Å². The van der Waals surface area contributed by atoms with Gasteiger partial charge in [-0.15, -0.1) is 0 Å². The zero-order valence-corrected chi connectivity index (χ0v) is 16.2. The normalized spacial score (nSPS) is 20.6. The Hall–Kier alpha value is -1.29. The molecule has 1 unspecified atom stereocenters. The van der Waals surface area contributed by atoms with Crippen LogP contribution in [0.1, 0.15) is 54.1 Å². The molecule has 1 saturated carbocycles. The van der Waals surface area contributed by atoms with Crippen molar-refractivity contribution in [1.82, 2.24) is 0 Å². The van der Waals surface area contributed by atoms with Crippen molar-refractivity contribution in [2.45, 2.75) is 51.3 Å². The first-order valence-corrected chi connectivity index (χ1v) is 9.79. The predicted octanol–water partition coefficient (Wildman–Crippen LogP) is 5.25. The molecular formula is C20H24BrNO2. The van der Waals surface area contributed by atoms with Crippen LogP contribution in [0.15, 0.2) is 21.3 Å². The SMILES string of the molecule is Cc1cc(C(C)Br)c2oc(N3CCC4(CC3)CC4)c(C)c(=O)c2c1. The van der Waals surface area contributed by atoms with E-state index in [9.17, 15) is 4.79 Å². The molecule has 2 fully saturated rings. The second-order valence-corrected chi connectivity index (χ2v) is 9.07. The number of piperidine rings is 1. The lowest BCUT2D eigenvalue weighted by molar-refractivity contribution is 0.371. The summed E-state index contributed by atoms with van der Waals surface area (Å²) in [6, 6.07) is 4.06. The number of hydrogen-bond donors (Lipinski definition) is 0. The van der Waals surface area contributed by atoms with Crippen LogP contribution in [-0.4, -0.2) is 13.1 Å². The Morgan fingerprint density at radius 2 is 1.83 bits per heavy atom. The number of hydrogen-bond acceptors (Lipinski definition) is 3. The lowest BCUT2D eigenvalue weighted by Crippen LogP contribution is -2.35. The molecule has 0 amide bonds. The van der Waals surface area contributed by atoms with Crippen molar-refractivity contribution in [2.75, 3.05) is 18.0 Å². The Balaban J connectivity index is 1.84. The fourth-order valence-corrected chi connectivity index (χ4v) is 4.35. The van der Waals surface area contributed by atoms with Gasteiger partial charge in [0.15, 0.2) is 5.43 Å². The first-order chi connectivity index (χ1) is 11.4. The maximum absolute atomic E-state index is 13.0. The van der Waals surface area contributed by atoms with E-state index in [0.29, 0.717) is 10.8 Å². The molecule has 3 nitrogen and oxygen atoms in total. The largest absolute Gasteiger partial charge is 0.440 e. The summed E-state index contributed by atoms with van der Waals surface area (Å²) in [6.45, 7) is 8.01. The highest BCUT2D eigenvalue weighted by Gasteiger charge is 2.44. The van der Waals surface area contributed by atoms with Crippen molar-refractivity contribution in [2.24, 2.45) is 5.41 Å². The van der Waals surface area contributed by atoms with Crippen molar-refractivity contribution in [3.63, 3.8) is 0 Å². The predicted molar refractivity (Wildman–Crippen MR) is 102 cm³/mol. The van der Waals surface area contributed by atoms with Gasteiger partial charge in [0, 0.05) is 23.5 Å². The molecule has 0 radical (unpaired) electrons. The van der Waals surface area contributed by atoms with Gasteiger partial charge in [0.25, 0.3) is 0 Å². The van der Waals surface area contributed by atoms with Crippen molar-refractivity contribution in [3.8, 4) is 0 Å². The van der Waals surface area contributed by atoms with E-state index in [0.717, 1.165) is 41.2 Å². The van der Waals surface area contributed by atoms with Crippen LogP contribution in [0.4, 0.5) is 5.88 Å². The van der Waals surface area contributed by atoms with Crippen LogP contribution in [0.2, 0.25) is 0 Å². The van der Waals surface area contributed by atoms with E-state index in [2.05, 4.69) is 33.8 Å². The van der Waals surface area contributed by atoms with Crippen LogP contribution >= 0.6 is 15.9 Å². The molecule has 2 heterocycles. The summed E-state index contributed by atoms with van der Waals surface area (Å²) in [5, 5.41) is 0.702. The van der Waals surface area contributed by atoms with E-state index in [-0.39, 0.29) is 10.3 Å². The van der Waals surface area contributed by atoms with E-state index < -0.39 is 0 Å². The Morgan fingerprint density at radius 3 is 2.42 bits per heavy atom. The summed E-state index contributed by atoms with van der Waals surface area (Å²) in [4.78, 5) is 15.4. The minimum Gasteiger partial charge on any atom is -0.440 e. The monoisotopic (exact) mass is 389 g/mol. The summed E-state index contributed by atoms with van der Waals surface area (Å²) in [5.41, 5.74) is 4.36. The molecule has 1 saturated heterocycles. The summed E-state index contributed by atoms with van der Waals surface area (Å²) in [7, 11) is 0. The van der Waals surface area contributed by atoms with Crippen LogP contribution in [0.25, 0.3) is 11.0 Å². The van der Waals surface area contributed by atoms with Gasteiger partial charge in [-0.25, -0.2) is 0 Å². The molecule has 1 aliphatic carbocycles. The number of rotatable bonds is 2. The molecule has 1 aliphatic heterocycles. The molecule has 1 aromatic carbocycles. The van der Waals surface area contributed by atoms with E-state index in [1.54, 1.807) is 0 Å². The average Bonchev–Trinajstić information content (AvgIpc) is 3.31. The molecule has 0 N–H and O–H groups in total. The summed E-state index contributed by atoms with van der Waals surface area (Å²) in [5.74, 6) is 0.779. The van der Waals surface area contributed by atoms with E-state index in [1.807, 2.05) is 19.9 Å². The third-order valence-electron chi connectivity index (χ3n) is 5.86. The third-order valence-corrected chi connectivity index (χ3v) is 6.36. The second-order valence-electron chi connectivity index (χ2n) is 7.70. The summed E-state index contributed by atoms with van der Waals surface area (Å²) >= 11 is 3.65. The van der Waals surface area contributed by atoms with Gasteiger partial charge in [-0.2, -0.15) is 0 Å². The number of benzene rings is 1. The first-order valence-electron chi connectivity index (χ1n) is 8.87. The van der Waals surface area contributed by atoms with Crippen LogP contribution in [0, 0.1) is 19.3 Å². The minimum absolute atomic E-state index is 0.107.